The Bertz CT molecular complexity index is 1740. The van der Waals surface area contributed by atoms with Crippen molar-refractivity contribution in [3.63, 3.8) is 0 Å². The lowest BCUT2D eigenvalue weighted by atomic mass is 10.2. The standard InChI is InChI=1S/C27H19F2N5O4/c1-15-14-31-25(27(36)34(15)18-6-3-16(28)4-7-18)26(35)32-17-5-9-21(19(29)13-17)38-22-11-12-30-20-8-10-23(37-2)33-24(20)22/h3-14H,1-2H3,(H,32,35). The molecule has 2 aromatic carbocycles. The lowest BCUT2D eigenvalue weighted by Crippen LogP contribution is -2.31. The number of aromatic nitrogens is 4. The van der Waals surface area contributed by atoms with E-state index in [-0.39, 0.29) is 17.2 Å². The van der Waals surface area contributed by atoms with Gasteiger partial charge in [0.05, 0.1) is 12.6 Å². The second-order valence-electron chi connectivity index (χ2n) is 8.10. The minimum absolute atomic E-state index is 0.0781. The zero-order valence-corrected chi connectivity index (χ0v) is 20.1. The summed E-state index contributed by atoms with van der Waals surface area (Å²) in [6.07, 6.45) is 2.85. The van der Waals surface area contributed by atoms with E-state index in [0.29, 0.717) is 28.3 Å². The van der Waals surface area contributed by atoms with E-state index in [0.717, 1.165) is 6.07 Å². The zero-order valence-electron chi connectivity index (χ0n) is 20.1. The molecule has 0 radical (unpaired) electrons. The lowest BCUT2D eigenvalue weighted by Gasteiger charge is -2.12. The Labute approximate surface area is 214 Å². The van der Waals surface area contributed by atoms with Gasteiger partial charge in [-0.05, 0) is 49.4 Å². The van der Waals surface area contributed by atoms with Gasteiger partial charge in [0.25, 0.3) is 11.5 Å². The molecule has 0 aliphatic rings. The zero-order chi connectivity index (χ0) is 26.8. The van der Waals surface area contributed by atoms with Crippen LogP contribution in [0.2, 0.25) is 0 Å². The second kappa shape index (κ2) is 10.1. The number of benzene rings is 2. The van der Waals surface area contributed by atoms with Gasteiger partial charge in [-0.15, -0.1) is 0 Å². The molecule has 11 heteroatoms. The van der Waals surface area contributed by atoms with Crippen molar-refractivity contribution in [2.75, 3.05) is 12.4 Å². The van der Waals surface area contributed by atoms with Crippen molar-refractivity contribution < 1.29 is 23.0 Å². The Morgan fingerprint density at radius 2 is 1.76 bits per heavy atom. The molecular formula is C27H19F2N5O4. The molecule has 190 valence electrons. The van der Waals surface area contributed by atoms with Crippen molar-refractivity contribution in [1.82, 2.24) is 19.5 Å². The van der Waals surface area contributed by atoms with Gasteiger partial charge < -0.3 is 14.8 Å². The molecule has 0 saturated carbocycles. The number of hydrogen-bond acceptors (Lipinski definition) is 7. The molecule has 1 N–H and O–H groups in total. The van der Waals surface area contributed by atoms with Crippen LogP contribution in [0, 0.1) is 18.6 Å². The maximum Gasteiger partial charge on any atom is 0.286 e. The number of pyridine rings is 2. The highest BCUT2D eigenvalue weighted by molar-refractivity contribution is 6.02. The summed E-state index contributed by atoms with van der Waals surface area (Å²) in [7, 11) is 1.47. The Kier molecular flexibility index (Phi) is 6.48. The maximum atomic E-state index is 14.9. The molecule has 0 fully saturated rings. The first kappa shape index (κ1) is 24.5. The van der Waals surface area contributed by atoms with Crippen LogP contribution in [0.1, 0.15) is 16.2 Å². The SMILES string of the molecule is COc1ccc2nccc(Oc3ccc(NC(=O)c4ncc(C)n(-c5ccc(F)cc5)c4=O)cc3F)c2n1. The number of amides is 1. The number of carbonyl (C=O) groups excluding carboxylic acids is 1. The van der Waals surface area contributed by atoms with Crippen molar-refractivity contribution in [1.29, 1.82) is 0 Å². The average Bonchev–Trinajstić information content (AvgIpc) is 2.91. The predicted molar refractivity (Wildman–Crippen MR) is 135 cm³/mol. The van der Waals surface area contributed by atoms with Crippen molar-refractivity contribution in [2.45, 2.75) is 6.92 Å². The van der Waals surface area contributed by atoms with Gasteiger partial charge in [-0.3, -0.25) is 19.1 Å². The first-order valence-corrected chi connectivity index (χ1v) is 11.3. The minimum atomic E-state index is -0.838. The lowest BCUT2D eigenvalue weighted by molar-refractivity contribution is 0.102. The summed E-state index contributed by atoms with van der Waals surface area (Å²) in [6.45, 7) is 1.63. The molecule has 5 rings (SSSR count). The number of nitrogens with zero attached hydrogens (tertiary/aromatic N) is 4. The third-order valence-corrected chi connectivity index (χ3v) is 5.58. The second-order valence-corrected chi connectivity index (χ2v) is 8.10. The molecule has 3 heterocycles. The van der Waals surface area contributed by atoms with Crippen molar-refractivity contribution in [3.8, 4) is 23.1 Å². The molecule has 0 atom stereocenters. The number of hydrogen-bond donors (Lipinski definition) is 1. The smallest absolute Gasteiger partial charge is 0.286 e. The van der Waals surface area contributed by atoms with Crippen molar-refractivity contribution >= 4 is 22.6 Å². The van der Waals surface area contributed by atoms with E-state index in [1.54, 1.807) is 25.1 Å². The number of aryl methyl sites for hydroxylation is 1. The molecule has 0 spiro atoms. The molecule has 1 amide bonds. The molecule has 0 unspecified atom stereocenters. The van der Waals surface area contributed by atoms with Gasteiger partial charge in [0.15, 0.2) is 23.0 Å². The first-order valence-electron chi connectivity index (χ1n) is 11.3. The number of nitrogens with one attached hydrogen (secondary N) is 1. The van der Waals surface area contributed by atoms with E-state index in [9.17, 15) is 18.4 Å². The fourth-order valence-corrected chi connectivity index (χ4v) is 3.75. The third-order valence-electron chi connectivity index (χ3n) is 5.58. The number of halogens is 2. The summed E-state index contributed by atoms with van der Waals surface area (Å²) < 4.78 is 40.4. The van der Waals surface area contributed by atoms with Crippen molar-refractivity contribution in [2.24, 2.45) is 0 Å². The number of rotatable bonds is 6. The number of ether oxygens (including phenoxy) is 2. The number of carbonyl (C=O) groups is 1. The topological polar surface area (TPSA) is 108 Å². The Balaban J connectivity index is 1.39. The monoisotopic (exact) mass is 515 g/mol. The largest absolute Gasteiger partial charge is 0.481 e. The van der Waals surface area contributed by atoms with Gasteiger partial charge in [0.2, 0.25) is 5.88 Å². The number of anilines is 1. The highest BCUT2D eigenvalue weighted by Crippen LogP contribution is 2.31. The van der Waals surface area contributed by atoms with E-state index in [1.807, 2.05) is 0 Å². The van der Waals surface area contributed by atoms with Gasteiger partial charge in [-0.2, -0.15) is 0 Å². The molecule has 0 aliphatic heterocycles. The fourth-order valence-electron chi connectivity index (χ4n) is 3.75. The molecule has 0 saturated heterocycles. The van der Waals surface area contributed by atoms with Gasteiger partial charge in [0, 0.05) is 47.7 Å². The van der Waals surface area contributed by atoms with Crippen molar-refractivity contribution in [3.05, 3.63) is 106 Å². The van der Waals surface area contributed by atoms with Crippen LogP contribution in [0.5, 0.6) is 17.4 Å². The van der Waals surface area contributed by atoms with Crippen LogP contribution in [0.3, 0.4) is 0 Å². The summed E-state index contributed by atoms with van der Waals surface area (Å²) in [6, 6.07) is 13.9. The highest BCUT2D eigenvalue weighted by Gasteiger charge is 2.18. The van der Waals surface area contributed by atoms with E-state index >= 15 is 0 Å². The van der Waals surface area contributed by atoms with Crippen LogP contribution < -0.4 is 20.3 Å². The van der Waals surface area contributed by atoms with E-state index in [4.69, 9.17) is 9.47 Å². The van der Waals surface area contributed by atoms with Crippen LogP contribution >= 0.6 is 0 Å². The quantitative estimate of drug-likeness (QED) is 0.346. The minimum Gasteiger partial charge on any atom is -0.481 e. The van der Waals surface area contributed by atoms with E-state index < -0.39 is 28.8 Å². The maximum absolute atomic E-state index is 14.9. The van der Waals surface area contributed by atoms with Gasteiger partial charge in [-0.1, -0.05) is 0 Å². The first-order chi connectivity index (χ1) is 18.3. The number of methoxy groups -OCH3 is 1. The number of fused-ring (bicyclic) bond motifs is 1. The molecule has 3 aromatic heterocycles. The summed E-state index contributed by atoms with van der Waals surface area (Å²) in [5.41, 5.74) is 0.686. The Hall–Kier alpha value is -5.19. The highest BCUT2D eigenvalue weighted by atomic mass is 19.1. The average molecular weight is 515 g/mol. The van der Waals surface area contributed by atoms with E-state index in [1.165, 1.54) is 60.5 Å². The van der Waals surface area contributed by atoms with Crippen LogP contribution in [0.15, 0.2) is 77.9 Å². The van der Waals surface area contributed by atoms with Crippen LogP contribution in [-0.2, 0) is 0 Å². The molecule has 5 aromatic rings. The fraction of sp³-hybridized carbons (Fsp3) is 0.0741. The molecule has 0 aliphatic carbocycles. The summed E-state index contributed by atoms with van der Waals surface area (Å²) in [5.74, 6) is -1.58. The van der Waals surface area contributed by atoms with E-state index in [2.05, 4.69) is 20.3 Å². The van der Waals surface area contributed by atoms with Gasteiger partial charge in [-0.25, -0.2) is 18.7 Å². The molecular weight excluding hydrogens is 496 g/mol. The third kappa shape index (κ3) is 4.76. The Morgan fingerprint density at radius 3 is 2.50 bits per heavy atom. The van der Waals surface area contributed by atoms with Crippen LogP contribution in [-0.4, -0.2) is 32.5 Å². The van der Waals surface area contributed by atoms with Gasteiger partial charge in [0.1, 0.15) is 11.3 Å². The molecule has 38 heavy (non-hydrogen) atoms. The normalized spacial score (nSPS) is 10.8. The Morgan fingerprint density at radius 1 is 0.974 bits per heavy atom. The van der Waals surface area contributed by atoms with Crippen LogP contribution in [0.4, 0.5) is 14.5 Å². The predicted octanol–water partition coefficient (Wildman–Crippen LogP) is 4.82. The molecule has 9 nitrogen and oxygen atoms in total. The van der Waals surface area contributed by atoms with Gasteiger partial charge >= 0.3 is 0 Å². The summed E-state index contributed by atoms with van der Waals surface area (Å²) >= 11 is 0. The summed E-state index contributed by atoms with van der Waals surface area (Å²) in [4.78, 5) is 38.3. The summed E-state index contributed by atoms with van der Waals surface area (Å²) in [5, 5.41) is 2.47. The molecule has 0 bridgehead atoms. The van der Waals surface area contributed by atoms with Crippen LogP contribution in [0.25, 0.3) is 16.7 Å².